The van der Waals surface area contributed by atoms with Crippen molar-refractivity contribution in [2.24, 2.45) is 0 Å². The maximum Gasteiger partial charge on any atom is 0.240 e. The van der Waals surface area contributed by atoms with E-state index in [4.69, 9.17) is 9.51 Å². The first-order chi connectivity index (χ1) is 15.1. The van der Waals surface area contributed by atoms with Crippen LogP contribution in [0.5, 0.6) is 0 Å². The van der Waals surface area contributed by atoms with Crippen molar-refractivity contribution in [3.63, 3.8) is 0 Å². The van der Waals surface area contributed by atoms with Crippen molar-refractivity contribution < 1.29 is 4.52 Å². The molecule has 0 radical (unpaired) electrons. The Morgan fingerprint density at radius 3 is 2.61 bits per heavy atom. The van der Waals surface area contributed by atoms with Gasteiger partial charge in [0.2, 0.25) is 5.89 Å². The molecular weight excluding hydrogens is 384 g/mol. The van der Waals surface area contributed by atoms with E-state index in [-0.39, 0.29) is 5.41 Å². The zero-order valence-corrected chi connectivity index (χ0v) is 18.2. The molecule has 0 atom stereocenters. The molecule has 0 saturated heterocycles. The molecule has 0 amide bonds. The lowest BCUT2D eigenvalue weighted by Crippen LogP contribution is -2.25. The van der Waals surface area contributed by atoms with Gasteiger partial charge in [0.25, 0.3) is 0 Å². The predicted octanol–water partition coefficient (Wildman–Crippen LogP) is 5.42. The molecule has 0 unspecified atom stereocenters. The maximum absolute atomic E-state index is 5.73. The fourth-order valence-electron chi connectivity index (χ4n) is 4.91. The summed E-state index contributed by atoms with van der Waals surface area (Å²) >= 11 is 0. The van der Waals surface area contributed by atoms with Gasteiger partial charge in [-0.1, -0.05) is 66.0 Å². The Morgan fingerprint density at radius 2 is 1.81 bits per heavy atom. The predicted molar refractivity (Wildman–Crippen MR) is 122 cm³/mol. The van der Waals surface area contributed by atoms with E-state index in [2.05, 4.69) is 77.5 Å². The lowest BCUT2D eigenvalue weighted by atomic mass is 9.78. The molecule has 5 heteroatoms. The first-order valence-electron chi connectivity index (χ1n) is 11.0. The van der Waals surface area contributed by atoms with Gasteiger partial charge >= 0.3 is 0 Å². The molecule has 2 aromatic carbocycles. The van der Waals surface area contributed by atoms with Crippen LogP contribution in [0.2, 0.25) is 0 Å². The lowest BCUT2D eigenvalue weighted by molar-refractivity contribution is 0.260. The second kappa shape index (κ2) is 8.23. The molecule has 1 fully saturated rings. The fourth-order valence-corrected chi connectivity index (χ4v) is 4.91. The summed E-state index contributed by atoms with van der Waals surface area (Å²) in [5.41, 5.74) is 3.74. The van der Waals surface area contributed by atoms with Crippen LogP contribution in [0.4, 0.5) is 0 Å². The van der Waals surface area contributed by atoms with Crippen LogP contribution < -0.4 is 0 Å². The highest BCUT2D eigenvalue weighted by atomic mass is 16.5. The standard InChI is InChI=1S/C26H28N4O/c1-19-8-10-22(11-9-19)26(13-3-4-14-26)25-28-24(31-29-25)18-30(2)17-21-7-5-6-20-16-27-15-12-23(20)21/h5-12,15-16H,3-4,13-14,17-18H2,1-2H3. The van der Waals surface area contributed by atoms with Crippen LogP contribution in [0.25, 0.3) is 10.8 Å². The molecule has 0 aliphatic heterocycles. The summed E-state index contributed by atoms with van der Waals surface area (Å²) in [6, 6.07) is 17.3. The highest BCUT2D eigenvalue weighted by Gasteiger charge is 2.41. The highest BCUT2D eigenvalue weighted by molar-refractivity contribution is 5.84. The lowest BCUT2D eigenvalue weighted by Gasteiger charge is -2.26. The van der Waals surface area contributed by atoms with Gasteiger partial charge in [0.15, 0.2) is 5.82 Å². The van der Waals surface area contributed by atoms with Gasteiger partial charge in [-0.15, -0.1) is 0 Å². The Balaban J connectivity index is 1.36. The molecule has 1 saturated carbocycles. The average Bonchev–Trinajstić information content (AvgIpc) is 3.45. The number of aromatic nitrogens is 3. The number of benzene rings is 2. The van der Waals surface area contributed by atoms with Crippen LogP contribution in [-0.2, 0) is 18.5 Å². The van der Waals surface area contributed by atoms with E-state index in [9.17, 15) is 0 Å². The Hall–Kier alpha value is -3.05. The molecule has 5 rings (SSSR count). The zero-order valence-electron chi connectivity index (χ0n) is 18.2. The first kappa shape index (κ1) is 19.9. The number of hydrogen-bond donors (Lipinski definition) is 0. The maximum atomic E-state index is 5.73. The summed E-state index contributed by atoms with van der Waals surface area (Å²) in [5.74, 6) is 1.52. The number of rotatable bonds is 6. The zero-order chi connectivity index (χ0) is 21.3. The smallest absolute Gasteiger partial charge is 0.240 e. The summed E-state index contributed by atoms with van der Waals surface area (Å²) in [7, 11) is 2.09. The molecular formula is C26H28N4O. The minimum absolute atomic E-state index is 0.114. The number of aryl methyl sites for hydroxylation is 1. The topological polar surface area (TPSA) is 55.1 Å². The van der Waals surface area contributed by atoms with Gasteiger partial charge in [0.1, 0.15) is 0 Å². The van der Waals surface area contributed by atoms with E-state index in [0.29, 0.717) is 12.4 Å². The normalized spacial score (nSPS) is 15.7. The molecule has 4 aromatic rings. The molecule has 0 spiro atoms. The van der Waals surface area contributed by atoms with E-state index in [1.165, 1.54) is 34.9 Å². The Kier molecular flexibility index (Phi) is 5.28. The Labute approximate surface area is 183 Å². The largest absolute Gasteiger partial charge is 0.338 e. The van der Waals surface area contributed by atoms with Crippen LogP contribution in [0.3, 0.4) is 0 Å². The third-order valence-electron chi connectivity index (χ3n) is 6.57. The van der Waals surface area contributed by atoms with Gasteiger partial charge < -0.3 is 4.52 Å². The molecule has 5 nitrogen and oxygen atoms in total. The molecule has 1 aliphatic rings. The number of nitrogens with zero attached hydrogens (tertiary/aromatic N) is 4. The molecule has 0 N–H and O–H groups in total. The summed E-state index contributed by atoms with van der Waals surface area (Å²) in [6.45, 7) is 3.56. The summed E-state index contributed by atoms with van der Waals surface area (Å²) in [4.78, 5) is 11.3. The van der Waals surface area contributed by atoms with E-state index in [1.807, 2.05) is 12.4 Å². The van der Waals surface area contributed by atoms with Crippen LogP contribution in [0.1, 0.15) is 54.1 Å². The minimum Gasteiger partial charge on any atom is -0.338 e. The summed E-state index contributed by atoms with van der Waals surface area (Å²) < 4.78 is 5.73. The van der Waals surface area contributed by atoms with Gasteiger partial charge in [-0.3, -0.25) is 9.88 Å². The second-order valence-corrected chi connectivity index (χ2v) is 8.85. The van der Waals surface area contributed by atoms with Crippen molar-refractivity contribution >= 4 is 10.8 Å². The Bertz CT molecular complexity index is 1170. The Morgan fingerprint density at radius 1 is 1.00 bits per heavy atom. The quantitative estimate of drug-likeness (QED) is 0.423. The molecule has 2 heterocycles. The molecule has 158 valence electrons. The van der Waals surface area contributed by atoms with Gasteiger partial charge in [0.05, 0.1) is 12.0 Å². The molecule has 0 bridgehead atoms. The fraction of sp³-hybridized carbons (Fsp3) is 0.346. The van der Waals surface area contributed by atoms with Crippen molar-refractivity contribution in [1.82, 2.24) is 20.0 Å². The van der Waals surface area contributed by atoms with Crippen molar-refractivity contribution in [2.75, 3.05) is 7.05 Å². The number of fused-ring (bicyclic) bond motifs is 1. The van der Waals surface area contributed by atoms with Gasteiger partial charge in [-0.25, -0.2) is 0 Å². The van der Waals surface area contributed by atoms with E-state index in [0.717, 1.165) is 30.6 Å². The van der Waals surface area contributed by atoms with Crippen LogP contribution in [-0.4, -0.2) is 27.1 Å². The highest BCUT2D eigenvalue weighted by Crippen LogP contribution is 2.45. The third kappa shape index (κ3) is 3.86. The summed E-state index contributed by atoms with van der Waals surface area (Å²) in [5, 5.41) is 6.86. The van der Waals surface area contributed by atoms with Gasteiger partial charge in [-0.2, -0.15) is 4.98 Å². The second-order valence-electron chi connectivity index (χ2n) is 8.85. The van der Waals surface area contributed by atoms with Gasteiger partial charge in [-0.05, 0) is 49.4 Å². The SMILES string of the molecule is Cc1ccc(C2(c3noc(CN(C)Cc4cccc5cnccc45)n3)CCCC2)cc1. The van der Waals surface area contributed by atoms with Crippen molar-refractivity contribution in [1.29, 1.82) is 0 Å². The van der Waals surface area contributed by atoms with Crippen LogP contribution in [0, 0.1) is 6.92 Å². The minimum atomic E-state index is -0.114. The monoisotopic (exact) mass is 412 g/mol. The van der Waals surface area contributed by atoms with Crippen molar-refractivity contribution in [3.8, 4) is 0 Å². The molecule has 2 aromatic heterocycles. The summed E-state index contributed by atoms with van der Waals surface area (Å²) in [6.07, 6.45) is 8.32. The van der Waals surface area contributed by atoms with Crippen molar-refractivity contribution in [2.45, 2.75) is 51.1 Å². The van der Waals surface area contributed by atoms with Crippen molar-refractivity contribution in [3.05, 3.63) is 89.3 Å². The number of pyridine rings is 1. The van der Waals surface area contributed by atoms with Gasteiger partial charge in [0, 0.05) is 24.3 Å². The third-order valence-corrected chi connectivity index (χ3v) is 6.57. The van der Waals surface area contributed by atoms with E-state index >= 15 is 0 Å². The average molecular weight is 413 g/mol. The van der Waals surface area contributed by atoms with Crippen LogP contribution >= 0.6 is 0 Å². The molecule has 1 aliphatic carbocycles. The van der Waals surface area contributed by atoms with E-state index < -0.39 is 0 Å². The number of hydrogen-bond acceptors (Lipinski definition) is 5. The van der Waals surface area contributed by atoms with E-state index in [1.54, 1.807) is 0 Å². The van der Waals surface area contributed by atoms with Crippen LogP contribution in [0.15, 0.2) is 65.4 Å². The first-order valence-corrected chi connectivity index (χ1v) is 11.0. The molecule has 31 heavy (non-hydrogen) atoms.